The van der Waals surface area contributed by atoms with Gasteiger partial charge in [0, 0.05) is 25.6 Å². The quantitative estimate of drug-likeness (QED) is 0.591. The predicted molar refractivity (Wildman–Crippen MR) is 116 cm³/mol. The summed E-state index contributed by atoms with van der Waals surface area (Å²) < 4.78 is 12.1. The highest BCUT2D eigenvalue weighted by Gasteiger charge is 2.29. The summed E-state index contributed by atoms with van der Waals surface area (Å²) in [5, 5.41) is 0. The molecule has 0 aliphatic carbocycles. The van der Waals surface area contributed by atoms with Crippen molar-refractivity contribution >= 4 is 5.97 Å². The van der Waals surface area contributed by atoms with Crippen molar-refractivity contribution in [1.29, 1.82) is 0 Å². The van der Waals surface area contributed by atoms with Crippen molar-refractivity contribution in [2.75, 3.05) is 13.2 Å². The van der Waals surface area contributed by atoms with Crippen LogP contribution >= 0.6 is 0 Å². The number of hydrogen-bond acceptors (Lipinski definition) is 4. The Balaban J connectivity index is 1.74. The number of carbonyl (C=O) groups excluding carboxylic acids is 1. The van der Waals surface area contributed by atoms with Gasteiger partial charge in [-0.1, -0.05) is 67.1 Å². The summed E-state index contributed by atoms with van der Waals surface area (Å²) in [4.78, 5) is 14.2. The lowest BCUT2D eigenvalue weighted by atomic mass is 9.97. The molecule has 0 bridgehead atoms. The largest absolute Gasteiger partial charge is 0.459 e. The summed E-state index contributed by atoms with van der Waals surface area (Å²) in [6.07, 6.45) is 3.16. The van der Waals surface area contributed by atoms with Crippen LogP contribution in [0.15, 0.2) is 60.7 Å². The van der Waals surface area contributed by atoms with Crippen LogP contribution in [0.2, 0.25) is 0 Å². The van der Waals surface area contributed by atoms with Gasteiger partial charge in [-0.3, -0.25) is 9.69 Å². The number of piperidine rings is 1. The summed E-state index contributed by atoms with van der Waals surface area (Å²) in [5.74, 6) is -0.258. The highest BCUT2D eigenvalue weighted by molar-refractivity contribution is 5.66. The number of rotatable bonds is 8. The molecule has 0 spiro atoms. The SMILES string of the molecule is CC(=O)O[C@H](COC(c1ccccc1)c1ccccc1)CN1[C@@H](C)CCC[C@@H]1C. The van der Waals surface area contributed by atoms with Crippen molar-refractivity contribution in [3.63, 3.8) is 0 Å². The van der Waals surface area contributed by atoms with Crippen molar-refractivity contribution in [2.45, 2.75) is 64.3 Å². The van der Waals surface area contributed by atoms with Gasteiger partial charge in [0.25, 0.3) is 0 Å². The summed E-state index contributed by atoms with van der Waals surface area (Å²) >= 11 is 0. The van der Waals surface area contributed by atoms with Crippen LogP contribution in [0, 0.1) is 0 Å². The maximum absolute atomic E-state index is 11.7. The van der Waals surface area contributed by atoms with Crippen molar-refractivity contribution < 1.29 is 14.3 Å². The molecule has 0 unspecified atom stereocenters. The molecule has 0 radical (unpaired) electrons. The molecule has 156 valence electrons. The van der Waals surface area contributed by atoms with Gasteiger partial charge in [-0.25, -0.2) is 0 Å². The van der Waals surface area contributed by atoms with Gasteiger partial charge < -0.3 is 9.47 Å². The van der Waals surface area contributed by atoms with E-state index in [-0.39, 0.29) is 18.2 Å². The van der Waals surface area contributed by atoms with Gasteiger partial charge in [0.2, 0.25) is 0 Å². The average Bonchev–Trinajstić information content (AvgIpc) is 2.72. The van der Waals surface area contributed by atoms with E-state index in [1.165, 1.54) is 26.2 Å². The van der Waals surface area contributed by atoms with Crippen LogP contribution in [0.25, 0.3) is 0 Å². The molecule has 0 aromatic heterocycles. The molecule has 1 heterocycles. The fourth-order valence-corrected chi connectivity index (χ4v) is 4.27. The molecular formula is C25H33NO3. The molecule has 0 amide bonds. The average molecular weight is 396 g/mol. The standard InChI is InChI=1S/C25H33NO3/c1-19-11-10-12-20(2)26(19)17-24(29-21(3)27)18-28-25(22-13-6-4-7-14-22)23-15-8-5-9-16-23/h4-9,13-16,19-20,24-25H,10-12,17-18H2,1-3H3/t19-,20-,24-/m0/s1. The molecule has 2 aromatic rings. The molecule has 1 aliphatic heterocycles. The number of benzene rings is 2. The second-order valence-electron chi connectivity index (χ2n) is 8.09. The number of nitrogens with zero attached hydrogens (tertiary/aromatic N) is 1. The van der Waals surface area contributed by atoms with Crippen LogP contribution in [0.1, 0.15) is 57.3 Å². The maximum atomic E-state index is 11.7. The van der Waals surface area contributed by atoms with Gasteiger partial charge in [0.1, 0.15) is 12.2 Å². The van der Waals surface area contributed by atoms with Crippen molar-refractivity contribution in [1.82, 2.24) is 4.90 Å². The number of hydrogen-bond donors (Lipinski definition) is 0. The first-order chi connectivity index (χ1) is 14.0. The zero-order valence-electron chi connectivity index (χ0n) is 17.8. The lowest BCUT2D eigenvalue weighted by Gasteiger charge is -2.40. The normalized spacial score (nSPS) is 21.1. The Hall–Kier alpha value is -2.17. The Labute approximate surface area is 174 Å². The molecule has 1 aliphatic rings. The molecule has 4 nitrogen and oxygen atoms in total. The molecular weight excluding hydrogens is 362 g/mol. The smallest absolute Gasteiger partial charge is 0.303 e. The second-order valence-corrected chi connectivity index (χ2v) is 8.09. The van der Waals surface area contributed by atoms with Gasteiger partial charge in [-0.15, -0.1) is 0 Å². The first-order valence-corrected chi connectivity index (χ1v) is 10.7. The molecule has 3 atom stereocenters. The molecule has 4 heteroatoms. The molecule has 0 N–H and O–H groups in total. The van der Waals surface area contributed by atoms with E-state index in [4.69, 9.17) is 9.47 Å². The van der Waals surface area contributed by atoms with Crippen molar-refractivity contribution in [3.8, 4) is 0 Å². The van der Waals surface area contributed by atoms with E-state index in [1.54, 1.807) is 0 Å². The van der Waals surface area contributed by atoms with Gasteiger partial charge >= 0.3 is 5.97 Å². The topological polar surface area (TPSA) is 38.8 Å². The van der Waals surface area contributed by atoms with E-state index in [9.17, 15) is 4.79 Å². The van der Waals surface area contributed by atoms with Crippen LogP contribution in [0.3, 0.4) is 0 Å². The highest BCUT2D eigenvalue weighted by Crippen LogP contribution is 2.27. The third kappa shape index (κ3) is 6.15. The lowest BCUT2D eigenvalue weighted by molar-refractivity contribution is -0.152. The Morgan fingerprint density at radius 3 is 1.97 bits per heavy atom. The highest BCUT2D eigenvalue weighted by atomic mass is 16.6. The van der Waals surface area contributed by atoms with Gasteiger partial charge in [-0.2, -0.15) is 0 Å². The molecule has 0 saturated carbocycles. The fourth-order valence-electron chi connectivity index (χ4n) is 4.27. The van der Waals surface area contributed by atoms with E-state index < -0.39 is 0 Å². The zero-order chi connectivity index (χ0) is 20.6. The summed E-state index contributed by atoms with van der Waals surface area (Å²) in [5.41, 5.74) is 2.19. The second kappa shape index (κ2) is 10.6. The number of esters is 1. The van der Waals surface area contributed by atoms with Crippen LogP contribution in [-0.4, -0.2) is 42.2 Å². The van der Waals surface area contributed by atoms with Crippen molar-refractivity contribution in [2.24, 2.45) is 0 Å². The number of ether oxygens (including phenoxy) is 2. The van der Waals surface area contributed by atoms with E-state index in [0.717, 1.165) is 11.1 Å². The van der Waals surface area contributed by atoms with Crippen LogP contribution in [0.4, 0.5) is 0 Å². The summed E-state index contributed by atoms with van der Waals surface area (Å²) in [7, 11) is 0. The Morgan fingerprint density at radius 2 is 1.48 bits per heavy atom. The first-order valence-electron chi connectivity index (χ1n) is 10.7. The van der Waals surface area contributed by atoms with Gasteiger partial charge in [0.15, 0.2) is 0 Å². The molecule has 2 aromatic carbocycles. The maximum Gasteiger partial charge on any atom is 0.303 e. The Kier molecular flexibility index (Phi) is 7.84. The van der Waals surface area contributed by atoms with Crippen LogP contribution in [-0.2, 0) is 14.3 Å². The zero-order valence-corrected chi connectivity index (χ0v) is 17.8. The van der Waals surface area contributed by atoms with Gasteiger partial charge in [0.05, 0.1) is 6.61 Å². The molecule has 3 rings (SSSR count). The van der Waals surface area contributed by atoms with Crippen LogP contribution in [0.5, 0.6) is 0 Å². The van der Waals surface area contributed by atoms with E-state index in [2.05, 4.69) is 43.0 Å². The van der Waals surface area contributed by atoms with E-state index in [1.807, 2.05) is 36.4 Å². The van der Waals surface area contributed by atoms with E-state index in [0.29, 0.717) is 25.2 Å². The number of carbonyl (C=O) groups is 1. The van der Waals surface area contributed by atoms with E-state index >= 15 is 0 Å². The van der Waals surface area contributed by atoms with Crippen molar-refractivity contribution in [3.05, 3.63) is 71.8 Å². The minimum atomic E-state index is -0.287. The summed E-state index contributed by atoms with van der Waals surface area (Å²) in [6, 6.07) is 21.4. The first kappa shape index (κ1) is 21.5. The Bertz CT molecular complexity index is 700. The monoisotopic (exact) mass is 395 g/mol. The molecule has 1 fully saturated rings. The third-order valence-electron chi connectivity index (χ3n) is 5.78. The molecule has 29 heavy (non-hydrogen) atoms. The molecule has 1 saturated heterocycles. The predicted octanol–water partition coefficient (Wildman–Crippen LogP) is 4.99. The fraction of sp³-hybridized carbons (Fsp3) is 0.480. The Morgan fingerprint density at radius 1 is 0.966 bits per heavy atom. The van der Waals surface area contributed by atoms with Gasteiger partial charge in [-0.05, 0) is 37.8 Å². The lowest BCUT2D eigenvalue weighted by Crippen LogP contribution is -2.49. The minimum Gasteiger partial charge on any atom is -0.459 e. The minimum absolute atomic E-state index is 0.188. The summed E-state index contributed by atoms with van der Waals surface area (Å²) in [6.45, 7) is 7.07. The van der Waals surface area contributed by atoms with Crippen LogP contribution < -0.4 is 0 Å². The number of likely N-dealkylation sites (tertiary alicyclic amines) is 1. The third-order valence-corrected chi connectivity index (χ3v) is 5.78.